The topological polar surface area (TPSA) is 105 Å². The van der Waals surface area contributed by atoms with Gasteiger partial charge < -0.3 is 19.3 Å². The standard InChI is InChI=1S/C30H32N4O5S3/c1-32-16-18-33(19-17-32)15-2-20-38-24-9-5-23(6-10-24)34-29(35)28(41-30(34)40)21-22-3-7-25(8-4-22)39-26-11-13-27(14-12-26)42(31,36)37/h3-14,21H,2,15-20H2,1H3,(H2,31,36,37). The molecule has 0 radical (unpaired) electrons. The number of rotatable bonds is 10. The van der Waals surface area contributed by atoms with E-state index in [1.54, 1.807) is 18.2 Å². The van der Waals surface area contributed by atoms with Crippen LogP contribution in [0.2, 0.25) is 0 Å². The summed E-state index contributed by atoms with van der Waals surface area (Å²) >= 11 is 6.78. The summed E-state index contributed by atoms with van der Waals surface area (Å²) in [7, 11) is -1.61. The average Bonchev–Trinajstić information content (AvgIpc) is 3.25. The third-order valence-corrected chi connectivity index (χ3v) is 9.17. The molecule has 3 aromatic carbocycles. The number of primary sulfonamides is 1. The fourth-order valence-corrected chi connectivity index (χ4v) is 6.36. The molecule has 42 heavy (non-hydrogen) atoms. The first kappa shape index (κ1) is 30.2. The highest BCUT2D eigenvalue weighted by Gasteiger charge is 2.33. The van der Waals surface area contributed by atoms with Gasteiger partial charge in [-0.3, -0.25) is 9.69 Å². The second-order valence-electron chi connectivity index (χ2n) is 10.0. The molecule has 2 saturated heterocycles. The summed E-state index contributed by atoms with van der Waals surface area (Å²) in [5, 5.41) is 5.13. The third kappa shape index (κ3) is 7.77. The zero-order valence-corrected chi connectivity index (χ0v) is 25.6. The first-order valence-electron chi connectivity index (χ1n) is 13.5. The van der Waals surface area contributed by atoms with Crippen LogP contribution < -0.4 is 19.5 Å². The first-order valence-corrected chi connectivity index (χ1v) is 16.3. The van der Waals surface area contributed by atoms with Crippen molar-refractivity contribution in [3.05, 3.63) is 83.3 Å². The molecule has 2 aliphatic rings. The van der Waals surface area contributed by atoms with Crippen LogP contribution >= 0.6 is 24.0 Å². The van der Waals surface area contributed by atoms with E-state index in [2.05, 4.69) is 16.8 Å². The lowest BCUT2D eigenvalue weighted by atomic mass is 10.2. The van der Waals surface area contributed by atoms with Gasteiger partial charge in [0.2, 0.25) is 10.0 Å². The summed E-state index contributed by atoms with van der Waals surface area (Å²) in [6.07, 6.45) is 2.76. The number of likely N-dealkylation sites (N-methyl/N-ethyl adjacent to an activating group) is 1. The minimum absolute atomic E-state index is 0.0129. The number of hydrogen-bond acceptors (Lipinski definition) is 9. The molecule has 1 amide bonds. The van der Waals surface area contributed by atoms with Crippen LogP contribution in [0.3, 0.4) is 0 Å². The molecule has 12 heteroatoms. The molecule has 2 heterocycles. The van der Waals surface area contributed by atoms with E-state index in [9.17, 15) is 13.2 Å². The minimum Gasteiger partial charge on any atom is -0.494 e. The van der Waals surface area contributed by atoms with Gasteiger partial charge in [0.1, 0.15) is 17.2 Å². The Kier molecular flexibility index (Phi) is 9.61. The van der Waals surface area contributed by atoms with Crippen LogP contribution in [0.4, 0.5) is 5.69 Å². The number of sulfonamides is 1. The average molecular weight is 625 g/mol. The van der Waals surface area contributed by atoms with Crippen molar-refractivity contribution < 1.29 is 22.7 Å². The van der Waals surface area contributed by atoms with Crippen molar-refractivity contribution in [3.63, 3.8) is 0 Å². The summed E-state index contributed by atoms with van der Waals surface area (Å²) in [6.45, 7) is 6.10. The van der Waals surface area contributed by atoms with Gasteiger partial charge in [-0.2, -0.15) is 0 Å². The summed E-state index contributed by atoms with van der Waals surface area (Å²) < 4.78 is 35.0. The van der Waals surface area contributed by atoms with Crippen LogP contribution in [0.5, 0.6) is 17.2 Å². The minimum atomic E-state index is -3.76. The van der Waals surface area contributed by atoms with E-state index >= 15 is 0 Å². The Bertz CT molecular complexity index is 1550. The summed E-state index contributed by atoms with van der Waals surface area (Å²) in [4.78, 5) is 20.1. The van der Waals surface area contributed by atoms with E-state index < -0.39 is 10.0 Å². The largest absolute Gasteiger partial charge is 0.494 e. The van der Waals surface area contributed by atoms with Crippen molar-refractivity contribution in [3.8, 4) is 17.2 Å². The maximum absolute atomic E-state index is 13.2. The second kappa shape index (κ2) is 13.4. The van der Waals surface area contributed by atoms with Gasteiger partial charge in [0.05, 0.1) is 22.1 Å². The van der Waals surface area contributed by atoms with Gasteiger partial charge in [-0.15, -0.1) is 0 Å². The Morgan fingerprint density at radius 2 is 1.50 bits per heavy atom. The van der Waals surface area contributed by atoms with Crippen molar-refractivity contribution >= 4 is 56.0 Å². The first-order chi connectivity index (χ1) is 20.2. The van der Waals surface area contributed by atoms with E-state index in [0.29, 0.717) is 33.0 Å². The molecule has 3 aromatic rings. The number of piperazine rings is 1. The molecule has 220 valence electrons. The van der Waals surface area contributed by atoms with Crippen LogP contribution in [0.15, 0.2) is 82.6 Å². The Balaban J connectivity index is 1.14. The number of hydrogen-bond donors (Lipinski definition) is 1. The highest BCUT2D eigenvalue weighted by Crippen LogP contribution is 2.37. The summed E-state index contributed by atoms with van der Waals surface area (Å²) in [6, 6.07) is 20.5. The molecule has 0 spiro atoms. The molecule has 0 aliphatic carbocycles. The van der Waals surface area contributed by atoms with Crippen molar-refractivity contribution in [1.29, 1.82) is 0 Å². The molecular formula is C30H32N4O5S3. The van der Waals surface area contributed by atoms with E-state index in [1.165, 1.54) is 40.9 Å². The molecular weight excluding hydrogens is 593 g/mol. The molecule has 0 aromatic heterocycles. The number of benzene rings is 3. The maximum Gasteiger partial charge on any atom is 0.270 e. The smallest absolute Gasteiger partial charge is 0.270 e. The fourth-order valence-electron chi connectivity index (χ4n) is 4.55. The Hall–Kier alpha value is -3.26. The second-order valence-corrected chi connectivity index (χ2v) is 13.3. The fraction of sp³-hybridized carbons (Fsp3) is 0.267. The molecule has 2 aliphatic heterocycles. The zero-order chi connectivity index (χ0) is 29.7. The number of carbonyl (C=O) groups is 1. The molecule has 2 N–H and O–H groups in total. The molecule has 9 nitrogen and oxygen atoms in total. The van der Waals surface area contributed by atoms with Crippen molar-refractivity contribution in [2.45, 2.75) is 11.3 Å². The summed E-state index contributed by atoms with van der Waals surface area (Å²) in [5.74, 6) is 1.62. The van der Waals surface area contributed by atoms with Crippen molar-refractivity contribution in [1.82, 2.24) is 9.80 Å². The lowest BCUT2D eigenvalue weighted by Gasteiger charge is -2.32. The van der Waals surface area contributed by atoms with Gasteiger partial charge in [0, 0.05) is 32.7 Å². The van der Waals surface area contributed by atoms with E-state index in [1.807, 2.05) is 36.4 Å². The van der Waals surface area contributed by atoms with Crippen LogP contribution in [-0.2, 0) is 14.8 Å². The van der Waals surface area contributed by atoms with Gasteiger partial charge >= 0.3 is 0 Å². The third-order valence-electron chi connectivity index (χ3n) is 6.94. The molecule has 0 bridgehead atoms. The van der Waals surface area contributed by atoms with Crippen LogP contribution in [0.1, 0.15) is 12.0 Å². The van der Waals surface area contributed by atoms with Crippen molar-refractivity contribution in [2.24, 2.45) is 5.14 Å². The van der Waals surface area contributed by atoms with Crippen LogP contribution in [0, 0.1) is 0 Å². The van der Waals surface area contributed by atoms with E-state index in [-0.39, 0.29) is 10.8 Å². The number of carbonyl (C=O) groups excluding carboxylic acids is 1. The lowest BCUT2D eigenvalue weighted by molar-refractivity contribution is -0.113. The monoisotopic (exact) mass is 624 g/mol. The Labute approximate surface area is 255 Å². The Morgan fingerprint density at radius 3 is 2.12 bits per heavy atom. The maximum atomic E-state index is 13.2. The lowest BCUT2D eigenvalue weighted by Crippen LogP contribution is -2.44. The molecule has 2 fully saturated rings. The van der Waals surface area contributed by atoms with Crippen molar-refractivity contribution in [2.75, 3.05) is 51.3 Å². The highest BCUT2D eigenvalue weighted by molar-refractivity contribution is 8.27. The summed E-state index contributed by atoms with van der Waals surface area (Å²) in [5.41, 5.74) is 1.51. The van der Waals surface area contributed by atoms with Crippen LogP contribution in [0.25, 0.3) is 6.08 Å². The highest BCUT2D eigenvalue weighted by atomic mass is 32.2. The Morgan fingerprint density at radius 1 is 0.905 bits per heavy atom. The van der Waals surface area contributed by atoms with Gasteiger partial charge in [-0.25, -0.2) is 13.6 Å². The molecule has 5 rings (SSSR count). The van der Waals surface area contributed by atoms with Gasteiger partial charge in [-0.05, 0) is 85.8 Å². The molecule has 0 unspecified atom stereocenters. The van der Waals surface area contributed by atoms with Crippen LogP contribution in [-0.4, -0.2) is 74.8 Å². The molecule has 0 saturated carbocycles. The predicted octanol–water partition coefficient (Wildman–Crippen LogP) is 4.55. The van der Waals surface area contributed by atoms with E-state index in [4.69, 9.17) is 26.8 Å². The number of nitrogens with zero attached hydrogens (tertiary/aromatic N) is 3. The number of amides is 1. The van der Waals surface area contributed by atoms with Gasteiger partial charge in [-0.1, -0.05) is 36.1 Å². The number of thioether (sulfide) groups is 1. The van der Waals surface area contributed by atoms with Gasteiger partial charge in [0.15, 0.2) is 4.32 Å². The quantitative estimate of drug-likeness (QED) is 0.198. The number of thiocarbonyl (C=S) groups is 1. The number of nitrogens with two attached hydrogens (primary N) is 1. The predicted molar refractivity (Wildman–Crippen MR) is 170 cm³/mol. The van der Waals surface area contributed by atoms with E-state index in [0.717, 1.165) is 50.5 Å². The zero-order valence-electron chi connectivity index (χ0n) is 23.1. The molecule has 0 atom stereocenters. The number of ether oxygens (including phenoxy) is 2. The SMILES string of the molecule is CN1CCN(CCCOc2ccc(N3C(=O)C(=Cc4ccc(Oc5ccc(S(N)(=O)=O)cc5)cc4)SC3=S)cc2)CC1. The normalized spacial score (nSPS) is 17.7. The number of anilines is 1. The van der Waals surface area contributed by atoms with Gasteiger partial charge in [0.25, 0.3) is 5.91 Å².